The summed E-state index contributed by atoms with van der Waals surface area (Å²) in [5.41, 5.74) is 1.97. The third kappa shape index (κ3) is 3.61. The first-order valence-electron chi connectivity index (χ1n) is 6.63. The highest BCUT2D eigenvalue weighted by molar-refractivity contribution is 5.21. The maximum absolute atomic E-state index is 13.3. The molecular formula is C16H19FN2. The van der Waals surface area contributed by atoms with E-state index in [9.17, 15) is 4.39 Å². The number of nitrogens with zero attached hydrogens (tertiary/aromatic N) is 1. The molecule has 1 heterocycles. The standard InChI is InChI=1S/C16H19FN2/c1-3-15(13-7-6-8-14(17)11-13)19-12(2)16-9-4-5-10-18-16/h4-12,15,19H,3H2,1-2H3. The predicted molar refractivity (Wildman–Crippen MR) is 75.2 cm³/mol. The Labute approximate surface area is 113 Å². The van der Waals surface area contributed by atoms with E-state index in [4.69, 9.17) is 0 Å². The van der Waals surface area contributed by atoms with E-state index in [1.807, 2.05) is 24.3 Å². The summed E-state index contributed by atoms with van der Waals surface area (Å²) in [7, 11) is 0. The van der Waals surface area contributed by atoms with Crippen molar-refractivity contribution >= 4 is 0 Å². The van der Waals surface area contributed by atoms with E-state index in [-0.39, 0.29) is 17.9 Å². The zero-order valence-corrected chi connectivity index (χ0v) is 11.3. The summed E-state index contributed by atoms with van der Waals surface area (Å²) in [6.45, 7) is 4.16. The first-order valence-corrected chi connectivity index (χ1v) is 6.63. The van der Waals surface area contributed by atoms with Gasteiger partial charge in [-0.25, -0.2) is 4.39 Å². The van der Waals surface area contributed by atoms with Gasteiger partial charge in [-0.3, -0.25) is 4.98 Å². The maximum Gasteiger partial charge on any atom is 0.123 e. The Morgan fingerprint density at radius 2 is 2.05 bits per heavy atom. The molecule has 0 saturated carbocycles. The molecular weight excluding hydrogens is 239 g/mol. The van der Waals surface area contributed by atoms with Gasteiger partial charge in [-0.1, -0.05) is 25.1 Å². The zero-order chi connectivity index (χ0) is 13.7. The number of aromatic nitrogens is 1. The SMILES string of the molecule is CCC(NC(C)c1ccccn1)c1cccc(F)c1. The molecule has 0 bridgehead atoms. The molecule has 1 aromatic carbocycles. The Morgan fingerprint density at radius 1 is 1.21 bits per heavy atom. The molecule has 0 saturated heterocycles. The van der Waals surface area contributed by atoms with Crippen LogP contribution in [0.5, 0.6) is 0 Å². The molecule has 0 aliphatic heterocycles. The van der Waals surface area contributed by atoms with Gasteiger partial charge in [0.1, 0.15) is 5.82 Å². The van der Waals surface area contributed by atoms with Crippen molar-refractivity contribution in [3.05, 3.63) is 65.7 Å². The van der Waals surface area contributed by atoms with Crippen LogP contribution in [0.4, 0.5) is 4.39 Å². The smallest absolute Gasteiger partial charge is 0.123 e. The molecule has 0 fully saturated rings. The molecule has 0 radical (unpaired) electrons. The maximum atomic E-state index is 13.3. The minimum Gasteiger partial charge on any atom is -0.302 e. The Balaban J connectivity index is 2.11. The summed E-state index contributed by atoms with van der Waals surface area (Å²) in [4.78, 5) is 4.34. The second-order valence-electron chi connectivity index (χ2n) is 4.66. The molecule has 1 N–H and O–H groups in total. The Bertz CT molecular complexity index is 513. The second-order valence-corrected chi connectivity index (χ2v) is 4.66. The predicted octanol–water partition coefficient (Wildman–Crippen LogP) is 4.02. The molecule has 0 aliphatic carbocycles. The van der Waals surface area contributed by atoms with E-state index in [0.29, 0.717) is 0 Å². The summed E-state index contributed by atoms with van der Waals surface area (Å²) in [5.74, 6) is -0.191. The van der Waals surface area contributed by atoms with E-state index >= 15 is 0 Å². The summed E-state index contributed by atoms with van der Waals surface area (Å²) >= 11 is 0. The molecule has 19 heavy (non-hydrogen) atoms. The van der Waals surface area contributed by atoms with Crippen molar-refractivity contribution in [3.63, 3.8) is 0 Å². The molecule has 2 unspecified atom stereocenters. The minimum absolute atomic E-state index is 0.132. The fraction of sp³-hybridized carbons (Fsp3) is 0.312. The highest BCUT2D eigenvalue weighted by Crippen LogP contribution is 2.21. The summed E-state index contributed by atoms with van der Waals surface area (Å²) in [6, 6.07) is 12.9. The number of hydrogen-bond acceptors (Lipinski definition) is 2. The minimum atomic E-state index is -0.191. The molecule has 2 atom stereocenters. The van der Waals surface area contributed by atoms with Gasteiger partial charge in [0.05, 0.1) is 5.69 Å². The van der Waals surface area contributed by atoms with E-state index in [1.165, 1.54) is 6.07 Å². The lowest BCUT2D eigenvalue weighted by Crippen LogP contribution is -2.24. The first kappa shape index (κ1) is 13.7. The van der Waals surface area contributed by atoms with Crippen LogP contribution in [0.2, 0.25) is 0 Å². The van der Waals surface area contributed by atoms with Crippen LogP contribution < -0.4 is 5.32 Å². The Kier molecular flexibility index (Phi) is 4.63. The average molecular weight is 258 g/mol. The van der Waals surface area contributed by atoms with Gasteiger partial charge in [-0.15, -0.1) is 0 Å². The third-order valence-electron chi connectivity index (χ3n) is 3.24. The Hall–Kier alpha value is -1.74. The van der Waals surface area contributed by atoms with Crippen molar-refractivity contribution in [1.29, 1.82) is 0 Å². The molecule has 2 nitrogen and oxygen atoms in total. The Morgan fingerprint density at radius 3 is 2.68 bits per heavy atom. The van der Waals surface area contributed by atoms with Crippen molar-refractivity contribution in [2.45, 2.75) is 32.4 Å². The molecule has 0 amide bonds. The quantitative estimate of drug-likeness (QED) is 0.876. The van der Waals surface area contributed by atoms with Crippen molar-refractivity contribution < 1.29 is 4.39 Å². The normalized spacial score (nSPS) is 14.1. The van der Waals surface area contributed by atoms with Crippen LogP contribution in [0.15, 0.2) is 48.7 Å². The lowest BCUT2D eigenvalue weighted by molar-refractivity contribution is 0.448. The van der Waals surface area contributed by atoms with Crippen LogP contribution >= 0.6 is 0 Å². The van der Waals surface area contributed by atoms with Gasteiger partial charge >= 0.3 is 0 Å². The number of nitrogens with one attached hydrogen (secondary N) is 1. The average Bonchev–Trinajstić information content (AvgIpc) is 2.45. The fourth-order valence-electron chi connectivity index (χ4n) is 2.19. The summed E-state index contributed by atoms with van der Waals surface area (Å²) in [6.07, 6.45) is 2.69. The zero-order valence-electron chi connectivity index (χ0n) is 11.3. The van der Waals surface area contributed by atoms with Gasteiger partial charge < -0.3 is 5.32 Å². The number of pyridine rings is 1. The molecule has 0 aliphatic rings. The molecule has 0 spiro atoms. The van der Waals surface area contributed by atoms with E-state index in [2.05, 4.69) is 24.1 Å². The van der Waals surface area contributed by atoms with E-state index < -0.39 is 0 Å². The summed E-state index contributed by atoms with van der Waals surface area (Å²) < 4.78 is 13.3. The lowest BCUT2D eigenvalue weighted by Gasteiger charge is -2.22. The number of benzene rings is 1. The van der Waals surface area contributed by atoms with E-state index in [1.54, 1.807) is 18.3 Å². The van der Waals surface area contributed by atoms with Gasteiger partial charge in [-0.2, -0.15) is 0 Å². The van der Waals surface area contributed by atoms with Gasteiger partial charge in [0.2, 0.25) is 0 Å². The van der Waals surface area contributed by atoms with E-state index in [0.717, 1.165) is 17.7 Å². The van der Waals surface area contributed by atoms with Crippen LogP contribution in [0.1, 0.15) is 43.6 Å². The highest BCUT2D eigenvalue weighted by atomic mass is 19.1. The molecule has 1 aromatic heterocycles. The van der Waals surface area contributed by atoms with Gasteiger partial charge in [0.25, 0.3) is 0 Å². The van der Waals surface area contributed by atoms with Crippen molar-refractivity contribution in [2.75, 3.05) is 0 Å². The molecule has 2 rings (SSSR count). The number of hydrogen-bond donors (Lipinski definition) is 1. The van der Waals surface area contributed by atoms with Crippen LogP contribution in [0.25, 0.3) is 0 Å². The van der Waals surface area contributed by atoms with Crippen molar-refractivity contribution in [1.82, 2.24) is 10.3 Å². The number of halogens is 1. The monoisotopic (exact) mass is 258 g/mol. The van der Waals surface area contributed by atoms with Crippen molar-refractivity contribution in [3.8, 4) is 0 Å². The lowest BCUT2D eigenvalue weighted by atomic mass is 10.0. The fourth-order valence-corrected chi connectivity index (χ4v) is 2.19. The van der Waals surface area contributed by atoms with Crippen LogP contribution in [-0.4, -0.2) is 4.98 Å². The molecule has 3 heteroatoms. The molecule has 100 valence electrons. The number of rotatable bonds is 5. The largest absolute Gasteiger partial charge is 0.302 e. The van der Waals surface area contributed by atoms with Gasteiger partial charge in [-0.05, 0) is 43.2 Å². The second kappa shape index (κ2) is 6.43. The van der Waals surface area contributed by atoms with Gasteiger partial charge in [0, 0.05) is 18.3 Å². The first-order chi connectivity index (χ1) is 9.20. The van der Waals surface area contributed by atoms with Crippen LogP contribution in [0.3, 0.4) is 0 Å². The van der Waals surface area contributed by atoms with Crippen molar-refractivity contribution in [2.24, 2.45) is 0 Å². The van der Waals surface area contributed by atoms with Crippen LogP contribution in [-0.2, 0) is 0 Å². The summed E-state index contributed by atoms with van der Waals surface area (Å²) in [5, 5.41) is 3.50. The highest BCUT2D eigenvalue weighted by Gasteiger charge is 2.14. The topological polar surface area (TPSA) is 24.9 Å². The third-order valence-corrected chi connectivity index (χ3v) is 3.24. The van der Waals surface area contributed by atoms with Crippen LogP contribution in [0, 0.1) is 5.82 Å². The van der Waals surface area contributed by atoms with Gasteiger partial charge in [0.15, 0.2) is 0 Å². The molecule has 2 aromatic rings.